The van der Waals surface area contributed by atoms with Crippen LogP contribution in [-0.2, 0) is 9.09 Å². The van der Waals surface area contributed by atoms with Gasteiger partial charge < -0.3 is 4.52 Å². The number of unbranched alkanes of at least 4 members (excludes halogenated alkanes) is 2. The second-order valence-corrected chi connectivity index (χ2v) is 7.22. The van der Waals surface area contributed by atoms with E-state index >= 15 is 0 Å². The number of rotatable bonds is 8. The van der Waals surface area contributed by atoms with Crippen LogP contribution in [0.25, 0.3) is 0 Å². The van der Waals surface area contributed by atoms with Crippen molar-refractivity contribution in [2.45, 2.75) is 39.5 Å². The summed E-state index contributed by atoms with van der Waals surface area (Å²) in [7, 11) is -2.55. The number of halogens is 2. The minimum atomic E-state index is -2.55. The molecule has 0 heterocycles. The Morgan fingerprint density at radius 3 is 2.00 bits per heavy atom. The predicted octanol–water partition coefficient (Wildman–Crippen LogP) is 5.16. The lowest BCUT2D eigenvalue weighted by atomic mass is 10.4. The van der Waals surface area contributed by atoms with Crippen molar-refractivity contribution in [3.05, 3.63) is 10.8 Å². The molecule has 0 saturated heterocycles. The van der Waals surface area contributed by atoms with Crippen molar-refractivity contribution in [1.82, 2.24) is 0 Å². The molecule has 90 valence electrons. The lowest BCUT2D eigenvalue weighted by Gasteiger charge is -2.16. The minimum Gasteiger partial charge on any atom is -0.448 e. The van der Waals surface area contributed by atoms with E-state index in [-0.39, 0.29) is 4.49 Å². The lowest BCUT2D eigenvalue weighted by molar-refractivity contribution is 0.435. The van der Waals surface area contributed by atoms with Gasteiger partial charge in [-0.25, -0.2) is 0 Å². The molecule has 0 fully saturated rings. The van der Waals surface area contributed by atoms with Gasteiger partial charge in [0.15, 0.2) is 0 Å². The lowest BCUT2D eigenvalue weighted by Crippen LogP contribution is -1.97. The minimum absolute atomic E-state index is 0.0169. The van der Waals surface area contributed by atoms with Gasteiger partial charge in [0.25, 0.3) is 0 Å². The highest BCUT2D eigenvalue weighted by Gasteiger charge is 2.21. The molecule has 0 saturated carbocycles. The van der Waals surface area contributed by atoms with Gasteiger partial charge in [0, 0.05) is 12.3 Å². The molecule has 15 heavy (non-hydrogen) atoms. The fourth-order valence-corrected chi connectivity index (χ4v) is 3.69. The summed E-state index contributed by atoms with van der Waals surface area (Å²) in [5, 5.41) is 0. The summed E-state index contributed by atoms with van der Waals surface area (Å²) in [6, 6.07) is 0. The van der Waals surface area contributed by atoms with Crippen LogP contribution in [0.15, 0.2) is 10.8 Å². The SMILES string of the molecule is CCCCP(=O)(CCCC)OC=C(Cl)Cl. The average Bonchev–Trinajstić information content (AvgIpc) is 2.21. The van der Waals surface area contributed by atoms with E-state index in [9.17, 15) is 4.57 Å². The smallest absolute Gasteiger partial charge is 0.247 e. The molecule has 0 unspecified atom stereocenters. The molecule has 0 aromatic rings. The van der Waals surface area contributed by atoms with Gasteiger partial charge in [-0.1, -0.05) is 49.9 Å². The van der Waals surface area contributed by atoms with Crippen molar-refractivity contribution in [2.75, 3.05) is 12.3 Å². The molecule has 0 aliphatic rings. The normalized spacial score (nSPS) is 11.2. The third kappa shape index (κ3) is 8.19. The molecule has 0 aromatic carbocycles. The second-order valence-electron chi connectivity index (χ2n) is 3.48. The van der Waals surface area contributed by atoms with E-state index in [0.717, 1.165) is 25.7 Å². The van der Waals surface area contributed by atoms with Gasteiger partial charge in [-0.2, -0.15) is 0 Å². The molecular formula is C10H19Cl2O2P. The molecule has 0 bridgehead atoms. The average molecular weight is 273 g/mol. The number of hydrogen-bond donors (Lipinski definition) is 0. The molecule has 0 aliphatic carbocycles. The van der Waals surface area contributed by atoms with Gasteiger partial charge in [-0.3, -0.25) is 4.57 Å². The van der Waals surface area contributed by atoms with E-state index in [2.05, 4.69) is 13.8 Å². The second kappa shape index (κ2) is 8.50. The maximum atomic E-state index is 12.3. The number of hydrogen-bond acceptors (Lipinski definition) is 2. The van der Waals surface area contributed by atoms with Crippen LogP contribution >= 0.6 is 30.6 Å². The summed E-state index contributed by atoms with van der Waals surface area (Å²) >= 11 is 10.9. The first-order chi connectivity index (χ1) is 7.04. The molecule has 2 nitrogen and oxygen atoms in total. The quantitative estimate of drug-likeness (QED) is 0.451. The fraction of sp³-hybridized carbons (Fsp3) is 0.800. The van der Waals surface area contributed by atoms with Crippen LogP contribution in [-0.4, -0.2) is 12.3 Å². The van der Waals surface area contributed by atoms with Crippen LogP contribution in [0.5, 0.6) is 0 Å². The zero-order valence-corrected chi connectivity index (χ0v) is 11.7. The first kappa shape index (κ1) is 15.3. The third-order valence-electron chi connectivity index (χ3n) is 2.04. The summed E-state index contributed by atoms with van der Waals surface area (Å²) in [6.07, 6.45) is 6.26. The van der Waals surface area contributed by atoms with E-state index in [1.807, 2.05) is 0 Å². The summed E-state index contributed by atoms with van der Waals surface area (Å²) in [5.41, 5.74) is 0. The Kier molecular flexibility index (Phi) is 8.69. The van der Waals surface area contributed by atoms with Crippen molar-refractivity contribution in [2.24, 2.45) is 0 Å². The van der Waals surface area contributed by atoms with E-state index in [1.165, 1.54) is 6.26 Å². The maximum absolute atomic E-state index is 12.3. The standard InChI is InChI=1S/C10H19Cl2O2P/c1-3-5-7-15(13,8-6-4-2)14-9-10(11)12/h9H,3-8H2,1-2H3. The molecule has 0 spiro atoms. The Morgan fingerprint density at radius 2 is 1.67 bits per heavy atom. The van der Waals surface area contributed by atoms with E-state index in [0.29, 0.717) is 12.3 Å². The zero-order valence-electron chi connectivity index (χ0n) is 9.34. The van der Waals surface area contributed by atoms with Crippen molar-refractivity contribution in [3.8, 4) is 0 Å². The Labute approximate surface area is 102 Å². The largest absolute Gasteiger partial charge is 0.448 e. The van der Waals surface area contributed by atoms with Crippen LogP contribution < -0.4 is 0 Å². The van der Waals surface area contributed by atoms with Gasteiger partial charge in [0.1, 0.15) is 10.8 Å². The highest BCUT2D eigenvalue weighted by atomic mass is 35.5. The van der Waals surface area contributed by atoms with Gasteiger partial charge in [0.2, 0.25) is 7.37 Å². The Morgan fingerprint density at radius 1 is 1.20 bits per heavy atom. The van der Waals surface area contributed by atoms with Crippen molar-refractivity contribution in [1.29, 1.82) is 0 Å². The third-order valence-corrected chi connectivity index (χ3v) is 4.70. The Hall–Kier alpha value is 0.350. The molecular weight excluding hydrogens is 254 g/mol. The first-order valence-corrected chi connectivity index (χ1v) is 8.07. The summed E-state index contributed by atoms with van der Waals surface area (Å²) in [5.74, 6) is 0. The molecule has 0 N–H and O–H groups in total. The highest BCUT2D eigenvalue weighted by Crippen LogP contribution is 2.49. The molecule has 0 aromatic heterocycles. The van der Waals surface area contributed by atoms with E-state index < -0.39 is 7.37 Å². The van der Waals surface area contributed by atoms with Crippen LogP contribution in [0.1, 0.15) is 39.5 Å². The monoisotopic (exact) mass is 272 g/mol. The Bertz CT molecular complexity index is 226. The van der Waals surface area contributed by atoms with Crippen LogP contribution in [0, 0.1) is 0 Å². The molecule has 0 atom stereocenters. The van der Waals surface area contributed by atoms with Crippen LogP contribution in [0.4, 0.5) is 0 Å². The summed E-state index contributed by atoms with van der Waals surface area (Å²) < 4.78 is 17.5. The molecule has 0 radical (unpaired) electrons. The van der Waals surface area contributed by atoms with Gasteiger partial charge in [0.05, 0.1) is 0 Å². The highest BCUT2D eigenvalue weighted by molar-refractivity contribution is 7.59. The molecule has 0 aliphatic heterocycles. The Balaban J connectivity index is 4.26. The van der Waals surface area contributed by atoms with Crippen LogP contribution in [0.3, 0.4) is 0 Å². The maximum Gasteiger partial charge on any atom is 0.247 e. The fourth-order valence-electron chi connectivity index (χ4n) is 1.15. The molecule has 0 amide bonds. The van der Waals surface area contributed by atoms with Gasteiger partial charge in [-0.05, 0) is 12.8 Å². The van der Waals surface area contributed by atoms with Crippen molar-refractivity contribution < 1.29 is 9.09 Å². The van der Waals surface area contributed by atoms with Gasteiger partial charge >= 0.3 is 0 Å². The zero-order chi connectivity index (χ0) is 11.7. The van der Waals surface area contributed by atoms with Crippen molar-refractivity contribution in [3.63, 3.8) is 0 Å². The topological polar surface area (TPSA) is 26.3 Å². The van der Waals surface area contributed by atoms with E-state index in [1.54, 1.807) is 0 Å². The van der Waals surface area contributed by atoms with Crippen molar-refractivity contribution >= 4 is 30.6 Å². The molecule has 5 heteroatoms. The summed E-state index contributed by atoms with van der Waals surface area (Å²) in [6.45, 7) is 4.13. The van der Waals surface area contributed by atoms with Gasteiger partial charge in [-0.15, -0.1) is 0 Å². The molecule has 0 rings (SSSR count). The first-order valence-electron chi connectivity index (χ1n) is 5.31. The van der Waals surface area contributed by atoms with Crippen LogP contribution in [0.2, 0.25) is 0 Å². The predicted molar refractivity (Wildman–Crippen MR) is 68.0 cm³/mol. The van der Waals surface area contributed by atoms with E-state index in [4.69, 9.17) is 27.7 Å². The summed E-state index contributed by atoms with van der Waals surface area (Å²) in [4.78, 5) is 0.